The fourth-order valence-electron chi connectivity index (χ4n) is 6.23. The van der Waals surface area contributed by atoms with Crippen LogP contribution in [0.3, 0.4) is 0 Å². The molecule has 0 saturated carbocycles. The van der Waals surface area contributed by atoms with E-state index in [9.17, 15) is 14.7 Å². The minimum absolute atomic E-state index is 0.105. The second kappa shape index (κ2) is 8.75. The van der Waals surface area contributed by atoms with Crippen LogP contribution in [-0.2, 0) is 15.0 Å². The molecule has 3 atom stereocenters. The Morgan fingerprint density at radius 1 is 0.946 bits per heavy atom. The van der Waals surface area contributed by atoms with E-state index in [1.165, 1.54) is 4.90 Å². The van der Waals surface area contributed by atoms with Gasteiger partial charge in [-0.3, -0.25) is 9.59 Å². The van der Waals surface area contributed by atoms with Crippen molar-refractivity contribution in [3.63, 3.8) is 0 Å². The molecule has 2 amide bonds. The Bertz CT molecular complexity index is 1610. The number of phenolic OH excluding ortho intramolecular Hbond substituents is 1. The van der Waals surface area contributed by atoms with Crippen LogP contribution in [0.1, 0.15) is 23.5 Å². The standard InChI is InChI=1S/C32H24ClNO3/c1-2-20-16-18-27-30(36)34(24-13-8-12-23(33)19-24)31(37)32(27,22-10-4-3-5-11-22)28(20)26-17-15-21-9-6-7-14-25(21)29(26)35/h2-17,19,27-28,35H,1,18H2. The Hall–Kier alpha value is -4.15. The number of benzene rings is 4. The molecular weight excluding hydrogens is 482 g/mol. The number of imide groups is 1. The molecule has 6 rings (SSSR count). The van der Waals surface area contributed by atoms with Gasteiger partial charge < -0.3 is 5.11 Å². The largest absolute Gasteiger partial charge is 0.507 e. The second-order valence-corrected chi connectivity index (χ2v) is 9.98. The molecule has 37 heavy (non-hydrogen) atoms. The number of nitrogens with zero attached hydrogens (tertiary/aromatic N) is 1. The Kier molecular flexibility index (Phi) is 5.50. The molecule has 0 aromatic heterocycles. The molecule has 1 fully saturated rings. The molecule has 4 aromatic rings. The van der Waals surface area contributed by atoms with Gasteiger partial charge in [-0.05, 0) is 41.1 Å². The first-order chi connectivity index (χ1) is 18.0. The summed E-state index contributed by atoms with van der Waals surface area (Å²) in [6, 6.07) is 27.7. The predicted molar refractivity (Wildman–Crippen MR) is 147 cm³/mol. The fraction of sp³-hybridized carbons (Fsp3) is 0.125. The molecule has 4 aromatic carbocycles. The van der Waals surface area contributed by atoms with Crippen LogP contribution in [0.25, 0.3) is 10.8 Å². The SMILES string of the molecule is C=CC1=CCC2C(=O)N(c3cccc(Cl)c3)C(=O)C2(c2ccccc2)C1c1ccc2ccccc2c1O. The lowest BCUT2D eigenvalue weighted by Gasteiger charge is -2.43. The highest BCUT2D eigenvalue weighted by Gasteiger charge is 2.66. The topological polar surface area (TPSA) is 57.6 Å². The molecule has 1 heterocycles. The van der Waals surface area contributed by atoms with Gasteiger partial charge in [0.15, 0.2) is 0 Å². The summed E-state index contributed by atoms with van der Waals surface area (Å²) in [5, 5.41) is 13.6. The lowest BCUT2D eigenvalue weighted by molar-refractivity contribution is -0.123. The molecular formula is C32H24ClNO3. The van der Waals surface area contributed by atoms with Gasteiger partial charge in [0.05, 0.1) is 17.0 Å². The third kappa shape index (κ3) is 3.29. The second-order valence-electron chi connectivity index (χ2n) is 9.55. The van der Waals surface area contributed by atoms with E-state index in [1.54, 1.807) is 30.3 Å². The number of carbonyl (C=O) groups excluding carboxylic acids is 2. The third-order valence-corrected chi connectivity index (χ3v) is 8.03. The molecule has 1 N–H and O–H groups in total. The molecule has 1 aliphatic carbocycles. The van der Waals surface area contributed by atoms with Crippen LogP contribution in [0, 0.1) is 5.92 Å². The minimum atomic E-state index is -1.28. The highest BCUT2D eigenvalue weighted by molar-refractivity contribution is 6.32. The zero-order valence-electron chi connectivity index (χ0n) is 20.0. The van der Waals surface area contributed by atoms with Crippen molar-refractivity contribution in [3.8, 4) is 5.75 Å². The lowest BCUT2D eigenvalue weighted by atomic mass is 9.56. The summed E-state index contributed by atoms with van der Waals surface area (Å²) in [5.41, 5.74) is 1.28. The summed E-state index contributed by atoms with van der Waals surface area (Å²) in [4.78, 5) is 30.0. The minimum Gasteiger partial charge on any atom is -0.507 e. The van der Waals surface area contributed by atoms with Gasteiger partial charge in [-0.1, -0.05) is 103 Å². The van der Waals surface area contributed by atoms with E-state index in [0.29, 0.717) is 28.1 Å². The lowest BCUT2D eigenvalue weighted by Crippen LogP contribution is -2.48. The molecule has 0 radical (unpaired) electrons. The zero-order valence-corrected chi connectivity index (χ0v) is 20.7. The summed E-state index contributed by atoms with van der Waals surface area (Å²) >= 11 is 6.26. The average molecular weight is 506 g/mol. The van der Waals surface area contributed by atoms with Gasteiger partial charge in [0.25, 0.3) is 0 Å². The summed E-state index contributed by atoms with van der Waals surface area (Å²) < 4.78 is 0. The summed E-state index contributed by atoms with van der Waals surface area (Å²) in [6.07, 6.45) is 4.09. The Balaban J connectivity index is 1.67. The summed E-state index contributed by atoms with van der Waals surface area (Å²) in [5.74, 6) is -1.80. The first-order valence-corrected chi connectivity index (χ1v) is 12.6. The molecule has 3 unspecified atom stereocenters. The molecule has 5 heteroatoms. The van der Waals surface area contributed by atoms with Crippen molar-refractivity contribution >= 4 is 39.9 Å². The molecule has 1 aliphatic heterocycles. The maximum Gasteiger partial charge on any atom is 0.246 e. The summed E-state index contributed by atoms with van der Waals surface area (Å²) in [7, 11) is 0. The molecule has 0 bridgehead atoms. The first kappa shape index (κ1) is 23.3. The number of carbonyl (C=O) groups is 2. The van der Waals surface area contributed by atoms with Crippen LogP contribution in [0.15, 0.2) is 115 Å². The van der Waals surface area contributed by atoms with Gasteiger partial charge in [0, 0.05) is 21.9 Å². The smallest absolute Gasteiger partial charge is 0.246 e. The van der Waals surface area contributed by atoms with Crippen LogP contribution in [0.4, 0.5) is 5.69 Å². The van der Waals surface area contributed by atoms with Crippen LogP contribution < -0.4 is 4.90 Å². The summed E-state index contributed by atoms with van der Waals surface area (Å²) in [6.45, 7) is 4.05. The molecule has 0 spiro atoms. The number of amides is 2. The molecule has 182 valence electrons. The predicted octanol–water partition coefficient (Wildman–Crippen LogP) is 6.93. The van der Waals surface area contributed by atoms with Crippen molar-refractivity contribution in [1.29, 1.82) is 0 Å². The van der Waals surface area contributed by atoms with Crippen LogP contribution in [0.2, 0.25) is 5.02 Å². The molecule has 4 nitrogen and oxygen atoms in total. The van der Waals surface area contributed by atoms with Crippen LogP contribution >= 0.6 is 11.6 Å². The van der Waals surface area contributed by atoms with E-state index >= 15 is 0 Å². The average Bonchev–Trinajstić information content (AvgIpc) is 3.16. The van der Waals surface area contributed by atoms with Crippen molar-refractivity contribution in [2.45, 2.75) is 17.8 Å². The Morgan fingerprint density at radius 3 is 2.46 bits per heavy atom. The van der Waals surface area contributed by atoms with E-state index in [0.717, 1.165) is 16.5 Å². The monoisotopic (exact) mass is 505 g/mol. The van der Waals surface area contributed by atoms with Gasteiger partial charge in [-0.25, -0.2) is 4.90 Å². The van der Waals surface area contributed by atoms with Crippen LogP contribution in [-0.4, -0.2) is 16.9 Å². The fourth-order valence-corrected chi connectivity index (χ4v) is 6.41. The highest BCUT2D eigenvalue weighted by atomic mass is 35.5. The number of allylic oxidation sites excluding steroid dienone is 3. The maximum atomic E-state index is 14.7. The van der Waals surface area contributed by atoms with E-state index in [4.69, 9.17) is 11.6 Å². The highest BCUT2D eigenvalue weighted by Crippen LogP contribution is 2.59. The van der Waals surface area contributed by atoms with Crippen molar-refractivity contribution < 1.29 is 14.7 Å². The van der Waals surface area contributed by atoms with Gasteiger partial charge in [0.2, 0.25) is 11.8 Å². The maximum absolute atomic E-state index is 14.7. The number of halogens is 1. The normalized spacial score (nSPS) is 23.2. The van der Waals surface area contributed by atoms with Crippen molar-refractivity contribution in [1.82, 2.24) is 0 Å². The number of aromatic hydroxyl groups is 1. The van der Waals surface area contributed by atoms with Gasteiger partial charge in [-0.15, -0.1) is 0 Å². The van der Waals surface area contributed by atoms with E-state index in [-0.39, 0.29) is 17.6 Å². The van der Waals surface area contributed by atoms with Gasteiger partial charge in [0.1, 0.15) is 5.75 Å². The zero-order chi connectivity index (χ0) is 25.7. The number of hydrogen-bond donors (Lipinski definition) is 1. The molecule has 2 aliphatic rings. The number of anilines is 1. The van der Waals surface area contributed by atoms with Gasteiger partial charge >= 0.3 is 0 Å². The third-order valence-electron chi connectivity index (χ3n) is 7.80. The Labute approximate surface area is 220 Å². The van der Waals surface area contributed by atoms with Crippen molar-refractivity contribution in [3.05, 3.63) is 131 Å². The van der Waals surface area contributed by atoms with Crippen molar-refractivity contribution in [2.24, 2.45) is 5.92 Å². The van der Waals surface area contributed by atoms with E-state index in [2.05, 4.69) is 6.58 Å². The van der Waals surface area contributed by atoms with E-state index in [1.807, 2.05) is 72.8 Å². The van der Waals surface area contributed by atoms with Gasteiger partial charge in [-0.2, -0.15) is 0 Å². The van der Waals surface area contributed by atoms with Crippen LogP contribution in [0.5, 0.6) is 5.75 Å². The van der Waals surface area contributed by atoms with E-state index < -0.39 is 17.3 Å². The Morgan fingerprint density at radius 2 is 1.70 bits per heavy atom. The number of rotatable bonds is 4. The number of fused-ring (bicyclic) bond motifs is 2. The van der Waals surface area contributed by atoms with Crippen molar-refractivity contribution in [2.75, 3.05) is 4.90 Å². The number of phenols is 1. The quantitative estimate of drug-likeness (QED) is 0.306. The molecule has 1 saturated heterocycles. The number of hydrogen-bond acceptors (Lipinski definition) is 3. The first-order valence-electron chi connectivity index (χ1n) is 12.2.